The number of hydrogen-bond acceptors (Lipinski definition) is 2. The molecule has 90 valence electrons. The van der Waals surface area contributed by atoms with Gasteiger partial charge in [0.25, 0.3) is 0 Å². The van der Waals surface area contributed by atoms with Crippen molar-refractivity contribution in [2.45, 2.75) is 50.7 Å². The summed E-state index contributed by atoms with van der Waals surface area (Å²) in [6.45, 7) is 8.71. The molecule has 0 amide bonds. The van der Waals surface area contributed by atoms with E-state index in [2.05, 4.69) is 52.0 Å². The quantitative estimate of drug-likeness (QED) is 0.840. The van der Waals surface area contributed by atoms with Crippen molar-refractivity contribution in [2.24, 2.45) is 5.73 Å². The molecule has 0 bridgehead atoms. The van der Waals surface area contributed by atoms with Gasteiger partial charge in [-0.2, -0.15) is 0 Å². The molecule has 0 saturated heterocycles. The van der Waals surface area contributed by atoms with Crippen LogP contribution in [0.25, 0.3) is 0 Å². The lowest BCUT2D eigenvalue weighted by Gasteiger charge is -2.24. The van der Waals surface area contributed by atoms with E-state index < -0.39 is 0 Å². The topological polar surface area (TPSA) is 26.0 Å². The van der Waals surface area contributed by atoms with Crippen LogP contribution in [-0.2, 0) is 0 Å². The molecule has 0 aliphatic heterocycles. The minimum Gasteiger partial charge on any atom is -0.327 e. The number of nitrogens with two attached hydrogens (primary N) is 1. The highest BCUT2D eigenvalue weighted by molar-refractivity contribution is 8.00. The highest BCUT2D eigenvalue weighted by atomic mass is 32.2. The molecule has 0 aromatic heterocycles. The monoisotopic (exact) mass is 237 g/mol. The fourth-order valence-electron chi connectivity index (χ4n) is 1.61. The summed E-state index contributed by atoms with van der Waals surface area (Å²) in [5.74, 6) is 0. The summed E-state index contributed by atoms with van der Waals surface area (Å²) < 4.78 is 0. The van der Waals surface area contributed by atoms with E-state index >= 15 is 0 Å². The molecule has 1 aromatic carbocycles. The zero-order chi connectivity index (χ0) is 12.1. The highest BCUT2D eigenvalue weighted by Crippen LogP contribution is 2.35. The molecule has 0 radical (unpaired) electrons. The van der Waals surface area contributed by atoms with E-state index in [1.807, 2.05) is 11.8 Å². The molecule has 0 fully saturated rings. The van der Waals surface area contributed by atoms with Gasteiger partial charge in [-0.25, -0.2) is 0 Å². The van der Waals surface area contributed by atoms with E-state index in [9.17, 15) is 0 Å². The van der Waals surface area contributed by atoms with Crippen LogP contribution in [-0.4, -0.2) is 11.3 Å². The van der Waals surface area contributed by atoms with Crippen LogP contribution in [0.1, 0.15) is 43.6 Å². The van der Waals surface area contributed by atoms with Gasteiger partial charge < -0.3 is 5.73 Å². The van der Waals surface area contributed by atoms with Crippen molar-refractivity contribution in [3.8, 4) is 0 Å². The van der Waals surface area contributed by atoms with Crippen molar-refractivity contribution >= 4 is 11.8 Å². The molecular formula is C14H23NS. The van der Waals surface area contributed by atoms with Crippen LogP contribution >= 0.6 is 11.8 Å². The largest absolute Gasteiger partial charge is 0.327 e. The molecule has 0 aliphatic rings. The summed E-state index contributed by atoms with van der Waals surface area (Å²) in [4.78, 5) is 0. The fraction of sp³-hybridized carbons (Fsp3) is 0.571. The van der Waals surface area contributed by atoms with Gasteiger partial charge in [0.2, 0.25) is 0 Å². The molecule has 0 heterocycles. The van der Waals surface area contributed by atoms with Crippen LogP contribution in [0.15, 0.2) is 24.3 Å². The number of aryl methyl sites for hydroxylation is 1. The summed E-state index contributed by atoms with van der Waals surface area (Å²) in [6.07, 6.45) is 1.19. The maximum Gasteiger partial charge on any atom is 0.0448 e. The van der Waals surface area contributed by atoms with Gasteiger partial charge in [-0.1, -0.05) is 43.7 Å². The second-order valence-corrected chi connectivity index (χ2v) is 6.13. The Morgan fingerprint density at radius 2 is 1.75 bits per heavy atom. The summed E-state index contributed by atoms with van der Waals surface area (Å²) in [5.41, 5.74) is 8.75. The normalized spacial score (nSPS) is 16.8. The van der Waals surface area contributed by atoms with E-state index in [0.717, 1.165) is 0 Å². The third kappa shape index (κ3) is 3.84. The van der Waals surface area contributed by atoms with Gasteiger partial charge in [-0.05, 0) is 25.8 Å². The van der Waals surface area contributed by atoms with Crippen LogP contribution in [0.5, 0.6) is 0 Å². The molecule has 1 nitrogen and oxygen atoms in total. The maximum absolute atomic E-state index is 6.09. The van der Waals surface area contributed by atoms with E-state index in [-0.39, 0.29) is 6.04 Å². The zero-order valence-corrected chi connectivity index (χ0v) is 11.6. The second kappa shape index (κ2) is 6.31. The lowest BCUT2D eigenvalue weighted by Crippen LogP contribution is -2.24. The van der Waals surface area contributed by atoms with Crippen LogP contribution in [0, 0.1) is 6.92 Å². The first-order chi connectivity index (χ1) is 7.54. The summed E-state index contributed by atoms with van der Waals surface area (Å²) >= 11 is 1.99. The van der Waals surface area contributed by atoms with E-state index in [4.69, 9.17) is 5.73 Å². The van der Waals surface area contributed by atoms with E-state index in [1.165, 1.54) is 17.5 Å². The molecule has 2 N–H and O–H groups in total. The zero-order valence-electron chi connectivity index (χ0n) is 10.7. The molecule has 16 heavy (non-hydrogen) atoms. The van der Waals surface area contributed by atoms with Crippen molar-refractivity contribution < 1.29 is 0 Å². The SMILES string of the molecule is CCC(C)SC(c1ccc(C)cc1)C(C)N. The lowest BCUT2D eigenvalue weighted by atomic mass is 10.1. The molecule has 2 heteroatoms. The lowest BCUT2D eigenvalue weighted by molar-refractivity contribution is 0.715. The van der Waals surface area contributed by atoms with Gasteiger partial charge in [-0.3, -0.25) is 0 Å². The average Bonchev–Trinajstić information content (AvgIpc) is 2.26. The predicted molar refractivity (Wildman–Crippen MR) is 74.9 cm³/mol. The Hall–Kier alpha value is -0.470. The molecule has 1 aromatic rings. The van der Waals surface area contributed by atoms with Gasteiger partial charge in [0.1, 0.15) is 0 Å². The van der Waals surface area contributed by atoms with Gasteiger partial charge in [0, 0.05) is 16.5 Å². The first kappa shape index (κ1) is 13.6. The van der Waals surface area contributed by atoms with Crippen molar-refractivity contribution in [2.75, 3.05) is 0 Å². The Kier molecular flexibility index (Phi) is 5.36. The average molecular weight is 237 g/mol. The second-order valence-electron chi connectivity index (χ2n) is 4.55. The predicted octanol–water partition coefficient (Wildman–Crippen LogP) is 3.92. The van der Waals surface area contributed by atoms with Gasteiger partial charge >= 0.3 is 0 Å². The first-order valence-electron chi connectivity index (χ1n) is 6.02. The molecule has 3 unspecified atom stereocenters. The Morgan fingerprint density at radius 1 is 1.19 bits per heavy atom. The molecular weight excluding hydrogens is 214 g/mol. The molecule has 0 saturated carbocycles. The van der Waals surface area contributed by atoms with Crippen LogP contribution in [0.2, 0.25) is 0 Å². The number of thioether (sulfide) groups is 1. The smallest absolute Gasteiger partial charge is 0.0448 e. The molecule has 3 atom stereocenters. The summed E-state index contributed by atoms with van der Waals surface area (Å²) in [6, 6.07) is 8.95. The summed E-state index contributed by atoms with van der Waals surface area (Å²) in [5, 5.41) is 1.08. The van der Waals surface area contributed by atoms with Crippen molar-refractivity contribution in [1.82, 2.24) is 0 Å². The summed E-state index contributed by atoms with van der Waals surface area (Å²) in [7, 11) is 0. The van der Waals surface area contributed by atoms with Crippen molar-refractivity contribution in [3.05, 3.63) is 35.4 Å². The van der Waals surface area contributed by atoms with Crippen LogP contribution in [0.3, 0.4) is 0 Å². The van der Waals surface area contributed by atoms with Crippen LogP contribution < -0.4 is 5.73 Å². The standard InChI is InChI=1S/C14H23NS/c1-5-11(3)16-14(12(4)15)13-8-6-10(2)7-9-13/h6-9,11-12,14H,5,15H2,1-4H3. The maximum atomic E-state index is 6.09. The third-order valence-electron chi connectivity index (χ3n) is 2.84. The van der Waals surface area contributed by atoms with Crippen molar-refractivity contribution in [1.29, 1.82) is 0 Å². The third-order valence-corrected chi connectivity index (χ3v) is 4.63. The minimum atomic E-state index is 0.196. The van der Waals surface area contributed by atoms with E-state index in [1.54, 1.807) is 0 Å². The van der Waals surface area contributed by atoms with Crippen molar-refractivity contribution in [3.63, 3.8) is 0 Å². The number of benzene rings is 1. The number of rotatable bonds is 5. The molecule has 0 spiro atoms. The Labute approximate surface area is 104 Å². The van der Waals surface area contributed by atoms with Gasteiger partial charge in [0.05, 0.1) is 0 Å². The molecule has 1 rings (SSSR count). The number of hydrogen-bond donors (Lipinski definition) is 1. The van der Waals surface area contributed by atoms with E-state index in [0.29, 0.717) is 10.5 Å². The minimum absolute atomic E-state index is 0.196. The van der Waals surface area contributed by atoms with Gasteiger partial charge in [0.15, 0.2) is 0 Å². The van der Waals surface area contributed by atoms with Gasteiger partial charge in [-0.15, -0.1) is 11.8 Å². The Bertz CT molecular complexity index is 305. The Morgan fingerprint density at radius 3 is 2.19 bits per heavy atom. The fourth-order valence-corrected chi connectivity index (χ4v) is 2.86. The Balaban J connectivity index is 2.81. The first-order valence-corrected chi connectivity index (χ1v) is 6.96. The van der Waals surface area contributed by atoms with Crippen LogP contribution in [0.4, 0.5) is 0 Å². The molecule has 0 aliphatic carbocycles. The highest BCUT2D eigenvalue weighted by Gasteiger charge is 2.18.